The van der Waals surface area contributed by atoms with Crippen molar-refractivity contribution in [3.8, 4) is 0 Å². The summed E-state index contributed by atoms with van der Waals surface area (Å²) < 4.78 is 5.67. The van der Waals surface area contributed by atoms with Gasteiger partial charge in [-0.3, -0.25) is 0 Å². The van der Waals surface area contributed by atoms with Crippen molar-refractivity contribution in [3.63, 3.8) is 0 Å². The normalized spacial score (nSPS) is 13.3. The lowest BCUT2D eigenvalue weighted by molar-refractivity contribution is -0.141. The fourth-order valence-corrected chi connectivity index (χ4v) is 2.83. The average molecular weight is 276 g/mol. The summed E-state index contributed by atoms with van der Waals surface area (Å²) in [5.74, 6) is -0.415. The van der Waals surface area contributed by atoms with Gasteiger partial charge in [0.05, 0.1) is 6.08 Å². The average Bonchev–Trinajstić information content (AvgIpc) is 2.66. The van der Waals surface area contributed by atoms with E-state index in [1.807, 2.05) is 36.4 Å². The summed E-state index contributed by atoms with van der Waals surface area (Å²) in [6, 6.07) is 16.3. The molecule has 0 radical (unpaired) electrons. The molecule has 0 fully saturated rings. The maximum Gasteiger partial charge on any atom is 0.339 e. The van der Waals surface area contributed by atoms with E-state index in [0.717, 1.165) is 24.0 Å². The Balaban J connectivity index is 2.10. The van der Waals surface area contributed by atoms with Gasteiger partial charge in [-0.05, 0) is 24.0 Å². The quantitative estimate of drug-likeness (QED) is 0.474. The molecule has 0 bridgehead atoms. The summed E-state index contributed by atoms with van der Waals surface area (Å²) >= 11 is 0. The molecule has 0 amide bonds. The summed E-state index contributed by atoms with van der Waals surface area (Å²) in [6.07, 6.45) is 2.78. The third kappa shape index (κ3) is 2.67. The van der Waals surface area contributed by atoms with Gasteiger partial charge in [0, 0.05) is 11.1 Å². The minimum atomic E-state index is -0.415. The van der Waals surface area contributed by atoms with E-state index >= 15 is 0 Å². The molecule has 0 N–H and O–H groups in total. The first-order chi connectivity index (χ1) is 10.3. The fourth-order valence-electron chi connectivity index (χ4n) is 2.83. The summed E-state index contributed by atoms with van der Waals surface area (Å²) in [6.45, 7) is 3.42. The van der Waals surface area contributed by atoms with E-state index in [1.54, 1.807) is 0 Å². The topological polar surface area (TPSA) is 26.3 Å². The van der Waals surface area contributed by atoms with Gasteiger partial charge in [0.1, 0.15) is 0 Å². The highest BCUT2D eigenvalue weighted by Gasteiger charge is 2.25. The number of benzene rings is 2. The van der Waals surface area contributed by atoms with E-state index in [-0.39, 0.29) is 6.10 Å². The Kier molecular flexibility index (Phi) is 3.72. The molecule has 0 aliphatic heterocycles. The minimum absolute atomic E-state index is 0.364. The molecule has 0 atom stereocenters. The van der Waals surface area contributed by atoms with Crippen LogP contribution in [0.2, 0.25) is 0 Å². The van der Waals surface area contributed by atoms with Gasteiger partial charge >= 0.3 is 5.97 Å². The first-order valence-corrected chi connectivity index (χ1v) is 7.01. The third-order valence-electron chi connectivity index (χ3n) is 3.79. The van der Waals surface area contributed by atoms with Crippen molar-refractivity contribution in [3.05, 3.63) is 89.2 Å². The Hall–Kier alpha value is -2.57. The Morgan fingerprint density at radius 3 is 2.10 bits per heavy atom. The maximum absolute atomic E-state index is 11.9. The Morgan fingerprint density at radius 2 is 1.57 bits per heavy atom. The van der Waals surface area contributed by atoms with Crippen molar-refractivity contribution in [1.29, 1.82) is 0 Å². The molecule has 2 heteroatoms. The van der Waals surface area contributed by atoms with Crippen molar-refractivity contribution in [2.45, 2.75) is 18.9 Å². The molecule has 3 rings (SSSR count). The molecule has 0 saturated carbocycles. The highest BCUT2D eigenvalue weighted by Crippen LogP contribution is 2.35. The third-order valence-corrected chi connectivity index (χ3v) is 3.79. The van der Waals surface area contributed by atoms with E-state index in [2.05, 4.69) is 24.4 Å². The van der Waals surface area contributed by atoms with Gasteiger partial charge in [-0.15, -0.1) is 5.73 Å². The smallest absolute Gasteiger partial charge is 0.339 e. The highest BCUT2D eigenvalue weighted by molar-refractivity contribution is 5.82. The number of esters is 1. The van der Waals surface area contributed by atoms with Crippen LogP contribution >= 0.6 is 0 Å². The number of aryl methyl sites for hydroxylation is 2. The molecule has 0 heterocycles. The van der Waals surface area contributed by atoms with Crippen LogP contribution in [0.3, 0.4) is 0 Å². The Morgan fingerprint density at radius 1 is 1.05 bits per heavy atom. The Labute approximate surface area is 124 Å². The molecule has 21 heavy (non-hydrogen) atoms. The van der Waals surface area contributed by atoms with Crippen molar-refractivity contribution >= 4 is 5.97 Å². The zero-order valence-electron chi connectivity index (χ0n) is 11.7. The first-order valence-electron chi connectivity index (χ1n) is 7.01. The van der Waals surface area contributed by atoms with Gasteiger partial charge in [-0.1, -0.05) is 55.1 Å². The van der Waals surface area contributed by atoms with Gasteiger partial charge in [-0.2, -0.15) is 0 Å². The maximum atomic E-state index is 11.9. The van der Waals surface area contributed by atoms with Crippen LogP contribution in [-0.4, -0.2) is 5.97 Å². The number of ether oxygens (including phenoxy) is 1. The van der Waals surface area contributed by atoms with E-state index in [1.165, 1.54) is 17.2 Å². The van der Waals surface area contributed by atoms with E-state index in [0.29, 0.717) is 0 Å². The number of fused-ring (bicyclic) bond motifs is 2. The second-order valence-electron chi connectivity index (χ2n) is 5.06. The second kappa shape index (κ2) is 5.82. The van der Waals surface area contributed by atoms with Crippen LogP contribution in [0, 0.1) is 0 Å². The standard InChI is InChI=1S/C19H16O2/c1-2-7-18(20)21-19-16-10-5-3-8-14(16)12-13-15-9-4-6-11-17(15)19/h3-11,19H,1,12-13H2. The highest BCUT2D eigenvalue weighted by atomic mass is 16.5. The van der Waals surface area contributed by atoms with Crippen LogP contribution in [-0.2, 0) is 22.4 Å². The molecule has 2 aromatic rings. The largest absolute Gasteiger partial charge is 0.449 e. The molecule has 104 valence electrons. The molecule has 0 aromatic heterocycles. The first kappa shape index (κ1) is 13.4. The van der Waals surface area contributed by atoms with Crippen LogP contribution < -0.4 is 0 Å². The lowest BCUT2D eigenvalue weighted by Crippen LogP contribution is -2.12. The fraction of sp³-hybridized carbons (Fsp3) is 0.158. The van der Waals surface area contributed by atoms with E-state index in [4.69, 9.17) is 4.74 Å². The zero-order valence-corrected chi connectivity index (χ0v) is 11.7. The van der Waals surface area contributed by atoms with Gasteiger partial charge in [0.15, 0.2) is 6.10 Å². The lowest BCUT2D eigenvalue weighted by Gasteiger charge is -2.19. The van der Waals surface area contributed by atoms with Gasteiger partial charge < -0.3 is 4.74 Å². The number of carbonyl (C=O) groups excluding carboxylic acids is 1. The van der Waals surface area contributed by atoms with Crippen molar-refractivity contribution < 1.29 is 9.53 Å². The molecule has 2 aromatic carbocycles. The summed E-state index contributed by atoms with van der Waals surface area (Å²) in [4.78, 5) is 11.9. The number of hydrogen-bond donors (Lipinski definition) is 0. The van der Waals surface area contributed by atoms with Crippen molar-refractivity contribution in [2.24, 2.45) is 0 Å². The molecule has 1 aliphatic carbocycles. The second-order valence-corrected chi connectivity index (χ2v) is 5.06. The summed E-state index contributed by atoms with van der Waals surface area (Å²) in [7, 11) is 0. The van der Waals surface area contributed by atoms with Crippen LogP contribution in [0.5, 0.6) is 0 Å². The molecular formula is C19H16O2. The lowest BCUT2D eigenvalue weighted by atomic mass is 9.97. The number of carbonyl (C=O) groups is 1. The van der Waals surface area contributed by atoms with Gasteiger partial charge in [0.25, 0.3) is 0 Å². The van der Waals surface area contributed by atoms with Crippen LogP contribution in [0.4, 0.5) is 0 Å². The van der Waals surface area contributed by atoms with E-state index in [9.17, 15) is 4.79 Å². The molecular weight excluding hydrogens is 260 g/mol. The van der Waals surface area contributed by atoms with Crippen LogP contribution in [0.1, 0.15) is 28.4 Å². The monoisotopic (exact) mass is 276 g/mol. The summed E-state index contributed by atoms with van der Waals surface area (Å²) in [5, 5.41) is 0. The predicted octanol–water partition coefficient (Wildman–Crippen LogP) is 3.76. The number of hydrogen-bond acceptors (Lipinski definition) is 2. The molecule has 0 spiro atoms. The predicted molar refractivity (Wildman–Crippen MR) is 81.9 cm³/mol. The minimum Gasteiger partial charge on any atom is -0.449 e. The van der Waals surface area contributed by atoms with E-state index < -0.39 is 5.97 Å². The Bertz CT molecular complexity index is 676. The summed E-state index contributed by atoms with van der Waals surface area (Å²) in [5.41, 5.74) is 7.06. The van der Waals surface area contributed by atoms with Crippen LogP contribution in [0.15, 0.2) is 66.9 Å². The van der Waals surface area contributed by atoms with Gasteiger partial charge in [-0.25, -0.2) is 4.79 Å². The molecule has 2 nitrogen and oxygen atoms in total. The molecule has 1 aliphatic rings. The zero-order chi connectivity index (χ0) is 14.7. The van der Waals surface area contributed by atoms with Crippen LogP contribution in [0.25, 0.3) is 0 Å². The van der Waals surface area contributed by atoms with Crippen molar-refractivity contribution in [2.75, 3.05) is 0 Å². The molecule has 0 saturated heterocycles. The SMILES string of the molecule is C=C=CC(=O)OC1c2ccccc2CCc2ccccc21. The molecule has 0 unspecified atom stereocenters. The van der Waals surface area contributed by atoms with Gasteiger partial charge in [0.2, 0.25) is 0 Å². The number of rotatable bonds is 2. The van der Waals surface area contributed by atoms with Crippen molar-refractivity contribution in [1.82, 2.24) is 0 Å².